The van der Waals surface area contributed by atoms with Gasteiger partial charge in [-0.3, -0.25) is 4.79 Å². The molecule has 1 aliphatic rings. The normalized spacial score (nSPS) is 15.5. The third-order valence-corrected chi connectivity index (χ3v) is 3.46. The highest BCUT2D eigenvalue weighted by Gasteiger charge is 2.20. The van der Waals surface area contributed by atoms with Crippen LogP contribution in [-0.4, -0.2) is 16.5 Å². The molecule has 2 rings (SSSR count). The molecule has 0 bridgehead atoms. The van der Waals surface area contributed by atoms with Crippen molar-refractivity contribution in [1.29, 1.82) is 0 Å². The van der Waals surface area contributed by atoms with Gasteiger partial charge >= 0.3 is 0 Å². The molecule has 1 aromatic rings. The number of hydrogen-bond donors (Lipinski definition) is 1. The molecule has 0 saturated carbocycles. The summed E-state index contributed by atoms with van der Waals surface area (Å²) in [5, 5.41) is 0. The van der Waals surface area contributed by atoms with Crippen molar-refractivity contribution >= 4 is 17.5 Å². The Morgan fingerprint density at radius 3 is 3.00 bits per heavy atom. The molecule has 1 aromatic heterocycles. The van der Waals surface area contributed by atoms with Gasteiger partial charge in [-0.2, -0.15) is 11.8 Å². The third kappa shape index (κ3) is 1.41. The summed E-state index contributed by atoms with van der Waals surface area (Å²) in [7, 11) is 0. The largest absolute Gasteiger partial charge is 0.362 e. The van der Waals surface area contributed by atoms with Crippen molar-refractivity contribution in [3.8, 4) is 0 Å². The Balaban J connectivity index is 2.54. The van der Waals surface area contributed by atoms with E-state index in [1.807, 2.05) is 18.7 Å². The summed E-state index contributed by atoms with van der Waals surface area (Å²) in [5.74, 6) is 2.36. The van der Waals surface area contributed by atoms with E-state index in [1.54, 1.807) is 6.92 Å². The summed E-state index contributed by atoms with van der Waals surface area (Å²) in [6.07, 6.45) is 1.08. The van der Waals surface area contributed by atoms with Gasteiger partial charge in [0.2, 0.25) is 0 Å². The van der Waals surface area contributed by atoms with E-state index in [2.05, 4.69) is 4.98 Å². The number of aromatic nitrogens is 1. The molecule has 0 aromatic carbocycles. The number of carbonyl (C=O) groups excluding carboxylic acids is 1. The van der Waals surface area contributed by atoms with Crippen molar-refractivity contribution in [2.75, 3.05) is 5.75 Å². The molecule has 0 amide bonds. The zero-order chi connectivity index (χ0) is 9.42. The van der Waals surface area contributed by atoms with Crippen LogP contribution in [0.2, 0.25) is 0 Å². The fourth-order valence-electron chi connectivity index (χ4n) is 1.94. The van der Waals surface area contributed by atoms with Gasteiger partial charge in [0.05, 0.1) is 0 Å². The predicted octanol–water partition coefficient (Wildman–Crippen LogP) is 2.32. The first-order chi connectivity index (χ1) is 6.20. The molecule has 1 N–H and O–H groups in total. The van der Waals surface area contributed by atoms with Crippen LogP contribution in [0.1, 0.15) is 34.2 Å². The number of aryl methyl sites for hydroxylation is 2. The number of carbonyl (C=O) groups is 1. The smallest absolute Gasteiger partial charge is 0.161 e. The molecule has 0 aliphatic carbocycles. The van der Waals surface area contributed by atoms with E-state index < -0.39 is 0 Å². The van der Waals surface area contributed by atoms with Crippen LogP contribution in [0.25, 0.3) is 0 Å². The Hall–Kier alpha value is -0.700. The Bertz CT molecular complexity index is 354. The van der Waals surface area contributed by atoms with Crippen LogP contribution in [0.4, 0.5) is 0 Å². The van der Waals surface area contributed by atoms with Crippen molar-refractivity contribution < 1.29 is 4.79 Å². The van der Waals surface area contributed by atoms with Crippen molar-refractivity contribution in [3.05, 3.63) is 22.5 Å². The molecule has 0 atom stereocenters. The molecule has 0 fully saturated rings. The van der Waals surface area contributed by atoms with Gasteiger partial charge in [0.15, 0.2) is 5.78 Å². The van der Waals surface area contributed by atoms with Crippen LogP contribution in [-0.2, 0) is 12.2 Å². The zero-order valence-electron chi connectivity index (χ0n) is 7.94. The highest BCUT2D eigenvalue weighted by atomic mass is 32.2. The first-order valence-electron chi connectivity index (χ1n) is 4.49. The number of Topliss-reactive ketones (excluding diaryl/α,β-unsaturated/α-hetero) is 1. The first-order valence-corrected chi connectivity index (χ1v) is 5.64. The number of ketones is 1. The molecular weight excluding hydrogens is 182 g/mol. The monoisotopic (exact) mass is 195 g/mol. The molecule has 0 unspecified atom stereocenters. The topological polar surface area (TPSA) is 32.9 Å². The van der Waals surface area contributed by atoms with E-state index in [0.29, 0.717) is 0 Å². The molecule has 2 heterocycles. The van der Waals surface area contributed by atoms with Gasteiger partial charge in [0, 0.05) is 22.7 Å². The summed E-state index contributed by atoms with van der Waals surface area (Å²) < 4.78 is 0. The average Bonchev–Trinajstić information content (AvgIpc) is 2.39. The quantitative estimate of drug-likeness (QED) is 0.697. The lowest BCUT2D eigenvalue weighted by atomic mass is 10.1. The van der Waals surface area contributed by atoms with Gasteiger partial charge in [-0.05, 0) is 31.6 Å². The lowest BCUT2D eigenvalue weighted by Crippen LogP contribution is -2.04. The van der Waals surface area contributed by atoms with Crippen LogP contribution in [0.15, 0.2) is 0 Å². The molecule has 70 valence electrons. The van der Waals surface area contributed by atoms with Crippen LogP contribution in [0.5, 0.6) is 0 Å². The molecular formula is C10H13NOS. The second-order valence-corrected chi connectivity index (χ2v) is 4.55. The number of thioether (sulfide) groups is 1. The molecule has 3 heteroatoms. The molecule has 0 saturated heterocycles. The predicted molar refractivity (Wildman–Crippen MR) is 55.4 cm³/mol. The minimum absolute atomic E-state index is 0.192. The van der Waals surface area contributed by atoms with Crippen molar-refractivity contribution in [2.45, 2.75) is 26.0 Å². The lowest BCUT2D eigenvalue weighted by molar-refractivity contribution is 0.101. The molecule has 2 nitrogen and oxygen atoms in total. The van der Waals surface area contributed by atoms with E-state index in [0.717, 1.165) is 23.4 Å². The fraction of sp³-hybridized carbons (Fsp3) is 0.500. The maximum Gasteiger partial charge on any atom is 0.161 e. The SMILES string of the molecule is CC(=O)c1c(C)[nH]c2c1CSCC2. The second-order valence-electron chi connectivity index (χ2n) is 3.44. The number of hydrogen-bond acceptors (Lipinski definition) is 2. The van der Waals surface area contributed by atoms with Crippen LogP contribution in [0.3, 0.4) is 0 Å². The highest BCUT2D eigenvalue weighted by molar-refractivity contribution is 7.98. The van der Waals surface area contributed by atoms with Gasteiger partial charge in [-0.15, -0.1) is 0 Å². The number of aromatic amines is 1. The Morgan fingerprint density at radius 1 is 1.54 bits per heavy atom. The van der Waals surface area contributed by atoms with Gasteiger partial charge in [-0.1, -0.05) is 0 Å². The maximum atomic E-state index is 11.4. The molecule has 0 radical (unpaired) electrons. The van der Waals surface area contributed by atoms with E-state index in [-0.39, 0.29) is 5.78 Å². The van der Waals surface area contributed by atoms with E-state index in [4.69, 9.17) is 0 Å². The summed E-state index contributed by atoms with van der Waals surface area (Å²) in [5.41, 5.74) is 4.50. The van der Waals surface area contributed by atoms with Gasteiger partial charge < -0.3 is 4.98 Å². The van der Waals surface area contributed by atoms with E-state index >= 15 is 0 Å². The van der Waals surface area contributed by atoms with Crippen molar-refractivity contribution in [1.82, 2.24) is 4.98 Å². The summed E-state index contributed by atoms with van der Waals surface area (Å²) >= 11 is 1.91. The molecule has 1 aliphatic heterocycles. The van der Waals surface area contributed by atoms with Crippen LogP contribution in [0, 0.1) is 6.92 Å². The van der Waals surface area contributed by atoms with E-state index in [9.17, 15) is 4.79 Å². The van der Waals surface area contributed by atoms with E-state index in [1.165, 1.54) is 17.0 Å². The third-order valence-electron chi connectivity index (χ3n) is 2.47. The number of rotatable bonds is 1. The minimum atomic E-state index is 0.192. The first kappa shape index (κ1) is 8.88. The standard InChI is InChI=1S/C10H13NOS/c1-6-10(7(2)12)8-5-13-4-3-9(8)11-6/h11H,3-5H2,1-2H3. The van der Waals surface area contributed by atoms with Gasteiger partial charge in [-0.25, -0.2) is 0 Å². The van der Waals surface area contributed by atoms with Crippen molar-refractivity contribution in [2.24, 2.45) is 0 Å². The van der Waals surface area contributed by atoms with Gasteiger partial charge in [0.25, 0.3) is 0 Å². The zero-order valence-corrected chi connectivity index (χ0v) is 8.75. The summed E-state index contributed by atoms with van der Waals surface area (Å²) in [4.78, 5) is 14.7. The van der Waals surface area contributed by atoms with Crippen molar-refractivity contribution in [3.63, 3.8) is 0 Å². The summed E-state index contributed by atoms with van der Waals surface area (Å²) in [6.45, 7) is 3.63. The molecule has 13 heavy (non-hydrogen) atoms. The maximum absolute atomic E-state index is 11.4. The Kier molecular flexibility index (Phi) is 2.20. The summed E-state index contributed by atoms with van der Waals surface area (Å²) in [6, 6.07) is 0. The number of fused-ring (bicyclic) bond motifs is 1. The Labute approximate surface area is 82.1 Å². The molecule has 0 spiro atoms. The minimum Gasteiger partial charge on any atom is -0.362 e. The lowest BCUT2D eigenvalue weighted by Gasteiger charge is -2.11. The second kappa shape index (κ2) is 3.22. The van der Waals surface area contributed by atoms with Gasteiger partial charge in [0.1, 0.15) is 0 Å². The highest BCUT2D eigenvalue weighted by Crippen LogP contribution is 2.29. The number of H-pyrrole nitrogens is 1. The average molecular weight is 195 g/mol. The fourth-order valence-corrected chi connectivity index (χ4v) is 2.95. The van der Waals surface area contributed by atoms with Crippen LogP contribution >= 0.6 is 11.8 Å². The number of nitrogens with one attached hydrogen (secondary N) is 1. The van der Waals surface area contributed by atoms with Crippen LogP contribution < -0.4 is 0 Å². The Morgan fingerprint density at radius 2 is 2.31 bits per heavy atom.